The molecule has 0 amide bonds. The second-order valence-corrected chi connectivity index (χ2v) is 6.91. The van der Waals surface area contributed by atoms with Crippen molar-refractivity contribution in [2.45, 2.75) is 64.2 Å². The van der Waals surface area contributed by atoms with Gasteiger partial charge in [0, 0.05) is 23.8 Å². The molecule has 0 aliphatic carbocycles. The summed E-state index contributed by atoms with van der Waals surface area (Å²) >= 11 is 0. The van der Waals surface area contributed by atoms with Crippen LogP contribution in [0, 0.1) is 0 Å². The first-order valence-electron chi connectivity index (χ1n) is 9.55. The molecule has 3 heterocycles. The van der Waals surface area contributed by atoms with Gasteiger partial charge in [-0.05, 0) is 62.1 Å². The lowest BCUT2D eigenvalue weighted by molar-refractivity contribution is 0.299. The Morgan fingerprint density at radius 1 is 0.680 bits per heavy atom. The monoisotopic (exact) mass is 338 g/mol. The highest BCUT2D eigenvalue weighted by Crippen LogP contribution is 2.43. The molecule has 0 radical (unpaired) electrons. The van der Waals surface area contributed by atoms with Crippen LogP contribution in [0.2, 0.25) is 0 Å². The number of rotatable bonds is 8. The summed E-state index contributed by atoms with van der Waals surface area (Å²) in [7, 11) is 0. The lowest BCUT2D eigenvalue weighted by atomic mass is 9.77. The summed E-state index contributed by atoms with van der Waals surface area (Å²) in [6, 6.07) is 12.9. The first kappa shape index (κ1) is 17.7. The van der Waals surface area contributed by atoms with Gasteiger partial charge in [0.1, 0.15) is 11.5 Å². The van der Waals surface area contributed by atoms with Crippen molar-refractivity contribution < 1.29 is 4.42 Å². The predicted octanol–water partition coefficient (Wildman–Crippen LogP) is 6.15. The Bertz CT molecular complexity index is 692. The molecule has 3 heteroatoms. The minimum atomic E-state index is -0.0926. The topological polar surface area (TPSA) is 44.7 Å². The van der Waals surface area contributed by atoms with Crippen molar-refractivity contribution in [1.29, 1.82) is 0 Å². The van der Waals surface area contributed by atoms with E-state index in [1.165, 1.54) is 11.4 Å². The van der Waals surface area contributed by atoms with Crippen molar-refractivity contribution in [2.24, 2.45) is 0 Å². The molecule has 3 aromatic rings. The van der Waals surface area contributed by atoms with Crippen molar-refractivity contribution in [3.8, 4) is 0 Å². The second-order valence-electron chi connectivity index (χ2n) is 6.91. The molecule has 0 spiro atoms. The van der Waals surface area contributed by atoms with Crippen molar-refractivity contribution in [1.82, 2.24) is 9.97 Å². The lowest BCUT2D eigenvalue weighted by Gasteiger charge is -2.31. The number of H-pyrrole nitrogens is 2. The molecular weight excluding hydrogens is 308 g/mol. The van der Waals surface area contributed by atoms with Gasteiger partial charge in [0.2, 0.25) is 0 Å². The van der Waals surface area contributed by atoms with Crippen LogP contribution in [0.25, 0.3) is 0 Å². The normalized spacial score (nSPS) is 12.6. The largest absolute Gasteiger partial charge is 0.464 e. The molecule has 0 saturated heterocycles. The van der Waals surface area contributed by atoms with E-state index in [4.69, 9.17) is 4.42 Å². The van der Waals surface area contributed by atoms with Crippen LogP contribution in [0.3, 0.4) is 0 Å². The summed E-state index contributed by atoms with van der Waals surface area (Å²) in [6.45, 7) is 8.96. The summed E-state index contributed by atoms with van der Waals surface area (Å²) in [5.41, 5.74) is 2.28. The first-order valence-corrected chi connectivity index (χ1v) is 9.55. The number of nitrogens with one attached hydrogen (secondary N) is 2. The standard InChI is InChI=1S/C22H30N2O/c1-5-21(6-2,17-11-9-15-23-17)19-13-14-20(25-19)22(7-3,8-4)18-12-10-16-24-18/h9-16,23-24H,5-8H2,1-4H3. The molecule has 0 aromatic carbocycles. The summed E-state index contributed by atoms with van der Waals surface area (Å²) < 4.78 is 6.59. The van der Waals surface area contributed by atoms with E-state index in [9.17, 15) is 0 Å². The smallest absolute Gasteiger partial charge is 0.116 e. The van der Waals surface area contributed by atoms with Gasteiger partial charge in [0.25, 0.3) is 0 Å². The molecule has 3 rings (SSSR count). The maximum atomic E-state index is 6.59. The summed E-state index contributed by atoms with van der Waals surface area (Å²) in [5, 5.41) is 0. The number of hydrogen-bond donors (Lipinski definition) is 2. The van der Waals surface area contributed by atoms with E-state index in [1.54, 1.807) is 0 Å². The Morgan fingerprint density at radius 3 is 1.36 bits per heavy atom. The van der Waals surface area contributed by atoms with Crippen LogP contribution < -0.4 is 0 Å². The zero-order valence-electron chi connectivity index (χ0n) is 15.9. The zero-order chi connectivity index (χ0) is 17.9. The fourth-order valence-electron chi connectivity index (χ4n) is 4.33. The van der Waals surface area contributed by atoms with E-state index in [0.717, 1.165) is 37.2 Å². The van der Waals surface area contributed by atoms with E-state index in [2.05, 4.69) is 74.1 Å². The molecule has 0 bridgehead atoms. The highest BCUT2D eigenvalue weighted by molar-refractivity contribution is 5.35. The molecular formula is C22H30N2O. The van der Waals surface area contributed by atoms with Gasteiger partial charge >= 0.3 is 0 Å². The SMILES string of the molecule is CCC(CC)(c1ccc[nH]1)c1ccc(C(CC)(CC)c2ccc[nH]2)o1. The molecule has 2 N–H and O–H groups in total. The Labute approximate surface area is 150 Å². The molecule has 25 heavy (non-hydrogen) atoms. The zero-order valence-corrected chi connectivity index (χ0v) is 15.9. The van der Waals surface area contributed by atoms with Gasteiger partial charge in [-0.1, -0.05) is 27.7 Å². The molecule has 0 aliphatic heterocycles. The van der Waals surface area contributed by atoms with Crippen LogP contribution >= 0.6 is 0 Å². The molecule has 134 valence electrons. The number of furan rings is 1. The van der Waals surface area contributed by atoms with Gasteiger partial charge in [-0.2, -0.15) is 0 Å². The Kier molecular flexibility index (Phi) is 4.94. The van der Waals surface area contributed by atoms with E-state index in [1.807, 2.05) is 12.4 Å². The van der Waals surface area contributed by atoms with Gasteiger partial charge in [0.05, 0.1) is 10.8 Å². The lowest BCUT2D eigenvalue weighted by Crippen LogP contribution is -2.27. The maximum absolute atomic E-state index is 6.59. The van der Waals surface area contributed by atoms with Gasteiger partial charge in [-0.3, -0.25) is 0 Å². The van der Waals surface area contributed by atoms with E-state index in [-0.39, 0.29) is 10.8 Å². The Hall–Kier alpha value is -2.16. The number of aromatic amines is 2. The van der Waals surface area contributed by atoms with Gasteiger partial charge in [-0.15, -0.1) is 0 Å². The summed E-state index contributed by atoms with van der Waals surface area (Å²) in [5.74, 6) is 2.13. The van der Waals surface area contributed by atoms with Crippen molar-refractivity contribution >= 4 is 0 Å². The third kappa shape index (κ3) is 2.66. The van der Waals surface area contributed by atoms with E-state index in [0.29, 0.717) is 0 Å². The fourth-order valence-corrected chi connectivity index (χ4v) is 4.33. The number of hydrogen-bond acceptors (Lipinski definition) is 1. The molecule has 0 unspecified atom stereocenters. The van der Waals surface area contributed by atoms with Crippen LogP contribution in [0.4, 0.5) is 0 Å². The van der Waals surface area contributed by atoms with Gasteiger partial charge in [-0.25, -0.2) is 0 Å². The fraction of sp³-hybridized carbons (Fsp3) is 0.455. The average molecular weight is 338 g/mol. The molecule has 0 atom stereocenters. The van der Waals surface area contributed by atoms with Crippen LogP contribution in [-0.4, -0.2) is 9.97 Å². The minimum absolute atomic E-state index is 0.0926. The van der Waals surface area contributed by atoms with Crippen molar-refractivity contribution in [3.63, 3.8) is 0 Å². The molecule has 3 aromatic heterocycles. The average Bonchev–Trinajstić information content (AvgIpc) is 3.42. The third-order valence-electron chi connectivity index (χ3n) is 6.19. The summed E-state index contributed by atoms with van der Waals surface area (Å²) in [6.07, 6.45) is 8.02. The first-order chi connectivity index (χ1) is 12.2. The van der Waals surface area contributed by atoms with E-state index < -0.39 is 0 Å². The highest BCUT2D eigenvalue weighted by atomic mass is 16.3. The third-order valence-corrected chi connectivity index (χ3v) is 6.19. The predicted molar refractivity (Wildman–Crippen MR) is 103 cm³/mol. The molecule has 3 nitrogen and oxygen atoms in total. The molecule has 0 saturated carbocycles. The molecule has 0 fully saturated rings. The highest BCUT2D eigenvalue weighted by Gasteiger charge is 2.39. The minimum Gasteiger partial charge on any atom is -0.464 e. The van der Waals surface area contributed by atoms with Gasteiger partial charge < -0.3 is 14.4 Å². The van der Waals surface area contributed by atoms with Gasteiger partial charge in [0.15, 0.2) is 0 Å². The van der Waals surface area contributed by atoms with Crippen LogP contribution in [0.15, 0.2) is 53.2 Å². The Morgan fingerprint density at radius 2 is 1.08 bits per heavy atom. The van der Waals surface area contributed by atoms with E-state index >= 15 is 0 Å². The van der Waals surface area contributed by atoms with Crippen molar-refractivity contribution in [2.75, 3.05) is 0 Å². The van der Waals surface area contributed by atoms with Crippen LogP contribution in [-0.2, 0) is 10.8 Å². The summed E-state index contributed by atoms with van der Waals surface area (Å²) in [4.78, 5) is 6.83. The van der Waals surface area contributed by atoms with Crippen LogP contribution in [0.1, 0.15) is 76.3 Å². The maximum Gasteiger partial charge on any atom is 0.116 e. The van der Waals surface area contributed by atoms with Crippen molar-refractivity contribution in [3.05, 3.63) is 71.7 Å². The Balaban J connectivity index is 2.09. The quantitative estimate of drug-likeness (QED) is 0.508. The number of aromatic nitrogens is 2. The molecule has 0 aliphatic rings. The van der Waals surface area contributed by atoms with Crippen LogP contribution in [0.5, 0.6) is 0 Å². The second kappa shape index (κ2) is 6.99.